The molecule has 2 atom stereocenters. The van der Waals surface area contributed by atoms with Crippen molar-refractivity contribution in [2.75, 3.05) is 13.7 Å². The fraction of sp³-hybridized carbons (Fsp3) is 0.684. The van der Waals surface area contributed by atoms with Crippen LogP contribution >= 0.6 is 0 Å². The van der Waals surface area contributed by atoms with E-state index in [2.05, 4.69) is 4.98 Å². The molecule has 0 unspecified atom stereocenters. The fourth-order valence-electron chi connectivity index (χ4n) is 4.64. The molecule has 2 aliphatic rings. The molecular formula is C19H28N2O3. The molecule has 1 N–H and O–H groups in total. The zero-order chi connectivity index (χ0) is 17.3. The Bertz CT molecular complexity index is 661. The van der Waals surface area contributed by atoms with Gasteiger partial charge in [-0.3, -0.25) is 9.59 Å². The molecular weight excluding hydrogens is 304 g/mol. The smallest absolute Gasteiger partial charge is 0.260 e. The van der Waals surface area contributed by atoms with Gasteiger partial charge in [0, 0.05) is 30.8 Å². The van der Waals surface area contributed by atoms with Crippen molar-refractivity contribution in [1.29, 1.82) is 0 Å². The number of hydrogen-bond acceptors (Lipinski definition) is 3. The normalized spacial score (nSPS) is 25.3. The maximum Gasteiger partial charge on any atom is 0.260 e. The SMILES string of the molecule is CCO[C@@H]1C[C@@H](N(C)C(=O)c2ccc(C)[nH]c2=O)C12CCCCC2. The number of aromatic amines is 1. The minimum atomic E-state index is -0.301. The second-order valence-electron chi connectivity index (χ2n) is 7.29. The first-order valence-electron chi connectivity index (χ1n) is 9.08. The standard InChI is InChI=1S/C19H28N2O3/c1-4-24-16-12-15(19(16)10-6-5-7-11-19)21(3)18(23)14-9-8-13(2)20-17(14)22/h8-9,15-16H,4-7,10-12H2,1-3H3,(H,20,22)/t15-,16-/m1/s1. The lowest BCUT2D eigenvalue weighted by atomic mass is 9.54. The molecule has 0 radical (unpaired) electrons. The van der Waals surface area contributed by atoms with Gasteiger partial charge in [0.05, 0.1) is 6.10 Å². The summed E-state index contributed by atoms with van der Waals surface area (Å²) in [6.07, 6.45) is 7.02. The van der Waals surface area contributed by atoms with Crippen molar-refractivity contribution in [3.8, 4) is 0 Å². The molecule has 2 saturated carbocycles. The van der Waals surface area contributed by atoms with E-state index in [0.29, 0.717) is 6.61 Å². The lowest BCUT2D eigenvalue weighted by molar-refractivity contribution is -0.170. The third-order valence-electron chi connectivity index (χ3n) is 5.97. The molecule has 2 fully saturated rings. The molecule has 0 aliphatic heterocycles. The summed E-state index contributed by atoms with van der Waals surface area (Å²) in [5, 5.41) is 0. The van der Waals surface area contributed by atoms with Crippen LogP contribution in [0.4, 0.5) is 0 Å². The largest absolute Gasteiger partial charge is 0.378 e. The quantitative estimate of drug-likeness (QED) is 0.922. The van der Waals surface area contributed by atoms with Crippen molar-refractivity contribution in [3.05, 3.63) is 33.7 Å². The summed E-state index contributed by atoms with van der Waals surface area (Å²) in [6, 6.07) is 3.59. The molecule has 1 aromatic rings. The first-order valence-corrected chi connectivity index (χ1v) is 9.08. The van der Waals surface area contributed by atoms with Crippen molar-refractivity contribution in [2.45, 2.75) is 64.5 Å². The number of pyridine rings is 1. The van der Waals surface area contributed by atoms with Crippen LogP contribution in [0.3, 0.4) is 0 Å². The van der Waals surface area contributed by atoms with Crippen molar-refractivity contribution < 1.29 is 9.53 Å². The summed E-state index contributed by atoms with van der Waals surface area (Å²) in [5.74, 6) is -0.179. The Hall–Kier alpha value is -1.62. The first kappa shape index (κ1) is 17.2. The fourth-order valence-corrected chi connectivity index (χ4v) is 4.64. The van der Waals surface area contributed by atoms with Gasteiger partial charge in [0.2, 0.25) is 0 Å². The zero-order valence-corrected chi connectivity index (χ0v) is 14.9. The third kappa shape index (κ3) is 2.79. The molecule has 1 amide bonds. The summed E-state index contributed by atoms with van der Waals surface area (Å²) in [4.78, 5) is 29.5. The highest BCUT2D eigenvalue weighted by Crippen LogP contribution is 2.55. The highest BCUT2D eigenvalue weighted by Gasteiger charge is 2.57. The third-order valence-corrected chi connectivity index (χ3v) is 5.97. The molecule has 0 bridgehead atoms. The molecule has 0 saturated heterocycles. The maximum absolute atomic E-state index is 12.9. The number of nitrogens with zero attached hydrogens (tertiary/aromatic N) is 1. The van der Waals surface area contributed by atoms with Crippen LogP contribution in [0, 0.1) is 12.3 Å². The lowest BCUT2D eigenvalue weighted by Crippen LogP contribution is -2.65. The second-order valence-corrected chi connectivity index (χ2v) is 7.29. The Kier molecular flexibility index (Phi) is 4.81. The van der Waals surface area contributed by atoms with Gasteiger partial charge in [-0.15, -0.1) is 0 Å². The van der Waals surface area contributed by atoms with Crippen LogP contribution < -0.4 is 5.56 Å². The summed E-state index contributed by atoms with van der Waals surface area (Å²) < 4.78 is 5.97. The molecule has 2 aliphatic carbocycles. The number of aromatic nitrogens is 1. The highest BCUT2D eigenvalue weighted by molar-refractivity contribution is 5.94. The van der Waals surface area contributed by atoms with Crippen LogP contribution in [0.15, 0.2) is 16.9 Å². The molecule has 5 heteroatoms. The zero-order valence-electron chi connectivity index (χ0n) is 14.9. The van der Waals surface area contributed by atoms with E-state index >= 15 is 0 Å². The summed E-state index contributed by atoms with van der Waals surface area (Å²) in [5.41, 5.74) is 0.776. The van der Waals surface area contributed by atoms with E-state index in [9.17, 15) is 9.59 Å². The first-order chi connectivity index (χ1) is 11.5. The van der Waals surface area contributed by atoms with E-state index in [0.717, 1.165) is 25.0 Å². The van der Waals surface area contributed by atoms with Gasteiger partial charge in [0.25, 0.3) is 11.5 Å². The predicted octanol–water partition coefficient (Wildman–Crippen LogP) is 2.88. The van der Waals surface area contributed by atoms with Crippen molar-refractivity contribution in [3.63, 3.8) is 0 Å². The van der Waals surface area contributed by atoms with Gasteiger partial charge in [-0.1, -0.05) is 19.3 Å². The molecule has 1 heterocycles. The van der Waals surface area contributed by atoms with Crippen LogP contribution in [0.1, 0.15) is 61.5 Å². The van der Waals surface area contributed by atoms with E-state index < -0.39 is 0 Å². The van der Waals surface area contributed by atoms with E-state index in [-0.39, 0.29) is 34.6 Å². The number of ether oxygens (including phenoxy) is 1. The Labute approximate surface area is 143 Å². The van der Waals surface area contributed by atoms with Crippen LogP contribution in [0.2, 0.25) is 0 Å². The Morgan fingerprint density at radius 3 is 2.67 bits per heavy atom. The van der Waals surface area contributed by atoms with Crippen molar-refractivity contribution in [1.82, 2.24) is 9.88 Å². The second kappa shape index (κ2) is 6.71. The van der Waals surface area contributed by atoms with Gasteiger partial charge in [-0.25, -0.2) is 0 Å². The van der Waals surface area contributed by atoms with Crippen molar-refractivity contribution >= 4 is 5.91 Å². The number of amides is 1. The molecule has 5 nitrogen and oxygen atoms in total. The van der Waals surface area contributed by atoms with Gasteiger partial charge in [0.15, 0.2) is 0 Å². The van der Waals surface area contributed by atoms with Crippen LogP contribution in [-0.4, -0.2) is 41.6 Å². The molecule has 1 spiro atoms. The molecule has 1 aromatic heterocycles. The summed E-state index contributed by atoms with van der Waals surface area (Å²) in [6.45, 7) is 4.56. The van der Waals surface area contributed by atoms with Gasteiger partial charge in [-0.05, 0) is 45.2 Å². The topological polar surface area (TPSA) is 62.4 Å². The Morgan fingerprint density at radius 2 is 2.04 bits per heavy atom. The average molecular weight is 332 g/mol. The maximum atomic E-state index is 12.9. The number of rotatable bonds is 4. The summed E-state index contributed by atoms with van der Waals surface area (Å²) in [7, 11) is 1.84. The number of hydrogen-bond donors (Lipinski definition) is 1. The Morgan fingerprint density at radius 1 is 1.33 bits per heavy atom. The van der Waals surface area contributed by atoms with E-state index in [1.54, 1.807) is 17.0 Å². The van der Waals surface area contributed by atoms with E-state index in [1.807, 2.05) is 20.9 Å². The van der Waals surface area contributed by atoms with E-state index in [1.165, 1.54) is 19.3 Å². The number of nitrogens with one attached hydrogen (secondary N) is 1. The average Bonchev–Trinajstić information content (AvgIpc) is 2.58. The number of H-pyrrole nitrogens is 1. The lowest BCUT2D eigenvalue weighted by Gasteiger charge is -2.60. The monoisotopic (exact) mass is 332 g/mol. The van der Waals surface area contributed by atoms with Gasteiger partial charge in [0.1, 0.15) is 5.56 Å². The minimum Gasteiger partial charge on any atom is -0.378 e. The number of carbonyl (C=O) groups is 1. The number of carbonyl (C=O) groups excluding carboxylic acids is 1. The van der Waals surface area contributed by atoms with Crippen LogP contribution in [0.25, 0.3) is 0 Å². The van der Waals surface area contributed by atoms with Crippen LogP contribution in [-0.2, 0) is 4.74 Å². The molecule has 24 heavy (non-hydrogen) atoms. The van der Waals surface area contributed by atoms with E-state index in [4.69, 9.17) is 4.74 Å². The van der Waals surface area contributed by atoms with Crippen molar-refractivity contribution in [2.24, 2.45) is 5.41 Å². The van der Waals surface area contributed by atoms with Gasteiger partial charge < -0.3 is 14.6 Å². The number of aryl methyl sites for hydroxylation is 1. The minimum absolute atomic E-state index is 0.0795. The summed E-state index contributed by atoms with van der Waals surface area (Å²) >= 11 is 0. The molecule has 132 valence electrons. The van der Waals surface area contributed by atoms with Gasteiger partial charge >= 0.3 is 0 Å². The molecule has 0 aromatic carbocycles. The molecule has 3 rings (SSSR count). The Balaban J connectivity index is 1.82. The van der Waals surface area contributed by atoms with Crippen LogP contribution in [0.5, 0.6) is 0 Å². The predicted molar refractivity (Wildman–Crippen MR) is 93.2 cm³/mol. The van der Waals surface area contributed by atoms with Gasteiger partial charge in [-0.2, -0.15) is 0 Å². The highest BCUT2D eigenvalue weighted by atomic mass is 16.5.